The number of nitrogens with zero attached hydrogens (tertiary/aromatic N) is 3. The molecule has 1 aliphatic heterocycles. The molecule has 1 aromatic rings. The molecule has 0 aromatic carbocycles. The Kier molecular flexibility index (Phi) is 4.74. The summed E-state index contributed by atoms with van der Waals surface area (Å²) < 4.78 is 7.13. The molecule has 0 atom stereocenters. The molecule has 19 heavy (non-hydrogen) atoms. The highest BCUT2D eigenvalue weighted by Crippen LogP contribution is 2.15. The highest BCUT2D eigenvalue weighted by atomic mass is 16.5. The first-order valence-electron chi connectivity index (χ1n) is 6.81. The van der Waals surface area contributed by atoms with Gasteiger partial charge in [0, 0.05) is 49.7 Å². The molecule has 0 amide bonds. The van der Waals surface area contributed by atoms with Crippen LogP contribution in [-0.4, -0.2) is 53.1 Å². The lowest BCUT2D eigenvalue weighted by Gasteiger charge is -2.41. The minimum absolute atomic E-state index is 0.151. The van der Waals surface area contributed by atoms with Crippen LogP contribution < -0.4 is 5.32 Å². The van der Waals surface area contributed by atoms with Crippen LogP contribution in [0.4, 0.5) is 0 Å². The maximum atomic E-state index is 5.40. The molecular weight excluding hydrogens is 240 g/mol. The van der Waals surface area contributed by atoms with E-state index in [0.717, 1.165) is 39.4 Å². The van der Waals surface area contributed by atoms with Crippen molar-refractivity contribution in [3.8, 4) is 0 Å². The van der Waals surface area contributed by atoms with E-state index in [0.29, 0.717) is 0 Å². The molecule has 0 unspecified atom stereocenters. The molecular formula is C14H24N4O. The van der Waals surface area contributed by atoms with Crippen molar-refractivity contribution >= 4 is 6.20 Å². The second-order valence-corrected chi connectivity index (χ2v) is 5.53. The Morgan fingerprint density at radius 3 is 2.84 bits per heavy atom. The van der Waals surface area contributed by atoms with Crippen LogP contribution in [0.15, 0.2) is 19.0 Å². The van der Waals surface area contributed by atoms with E-state index in [9.17, 15) is 0 Å². The first-order valence-corrected chi connectivity index (χ1v) is 6.81. The summed E-state index contributed by atoms with van der Waals surface area (Å²) in [6.45, 7) is 13.7. The van der Waals surface area contributed by atoms with Gasteiger partial charge >= 0.3 is 0 Å². The van der Waals surface area contributed by atoms with Crippen molar-refractivity contribution < 1.29 is 4.74 Å². The second kappa shape index (κ2) is 6.32. The minimum Gasteiger partial charge on any atom is -0.379 e. The number of aromatic nitrogens is 2. The molecule has 0 saturated carbocycles. The molecule has 106 valence electrons. The zero-order chi connectivity index (χ0) is 13.7. The minimum atomic E-state index is 0.151. The Hall–Kier alpha value is -1.17. The van der Waals surface area contributed by atoms with Crippen LogP contribution in [0.25, 0.3) is 6.20 Å². The summed E-state index contributed by atoms with van der Waals surface area (Å²) in [5, 5.41) is 7.68. The predicted molar refractivity (Wildman–Crippen MR) is 76.8 cm³/mol. The summed E-state index contributed by atoms with van der Waals surface area (Å²) in [5.74, 6) is 0. The van der Waals surface area contributed by atoms with E-state index in [4.69, 9.17) is 4.74 Å². The molecule has 0 spiro atoms. The topological polar surface area (TPSA) is 42.3 Å². The number of morpholine rings is 1. The van der Waals surface area contributed by atoms with Crippen molar-refractivity contribution in [2.45, 2.75) is 25.9 Å². The highest BCUT2D eigenvalue weighted by molar-refractivity contribution is 5.17. The van der Waals surface area contributed by atoms with Crippen molar-refractivity contribution in [3.63, 3.8) is 0 Å². The zero-order valence-corrected chi connectivity index (χ0v) is 11.9. The summed E-state index contributed by atoms with van der Waals surface area (Å²) in [4.78, 5) is 2.48. The maximum Gasteiger partial charge on any atom is 0.0594 e. The van der Waals surface area contributed by atoms with Gasteiger partial charge in [0.2, 0.25) is 0 Å². The molecule has 1 saturated heterocycles. The van der Waals surface area contributed by atoms with Crippen LogP contribution in [0.2, 0.25) is 0 Å². The summed E-state index contributed by atoms with van der Waals surface area (Å²) in [6, 6.07) is 0. The molecule has 1 aliphatic rings. The molecule has 5 nitrogen and oxygen atoms in total. The molecule has 2 heterocycles. The predicted octanol–water partition coefficient (Wildman–Crippen LogP) is 1.18. The van der Waals surface area contributed by atoms with Crippen LogP contribution in [-0.2, 0) is 11.3 Å². The fraction of sp³-hybridized carbons (Fsp3) is 0.643. The van der Waals surface area contributed by atoms with Crippen LogP contribution in [0.5, 0.6) is 0 Å². The van der Waals surface area contributed by atoms with E-state index < -0.39 is 0 Å². The highest BCUT2D eigenvalue weighted by Gasteiger charge is 2.27. The van der Waals surface area contributed by atoms with Crippen LogP contribution >= 0.6 is 0 Å². The smallest absolute Gasteiger partial charge is 0.0594 e. The first kappa shape index (κ1) is 14.2. The van der Waals surface area contributed by atoms with E-state index in [1.807, 2.05) is 12.4 Å². The lowest BCUT2D eigenvalue weighted by Crippen LogP contribution is -2.54. The average molecular weight is 264 g/mol. The average Bonchev–Trinajstić information content (AvgIpc) is 2.87. The Bertz CT molecular complexity index is 407. The SMILES string of the molecule is C=Cn1cc(CNCC(C)(C)N2CCOCC2)cn1. The van der Waals surface area contributed by atoms with Crippen molar-refractivity contribution in [1.29, 1.82) is 0 Å². The Balaban J connectivity index is 1.78. The van der Waals surface area contributed by atoms with Gasteiger partial charge in [0.1, 0.15) is 0 Å². The molecule has 1 fully saturated rings. The van der Waals surface area contributed by atoms with Crippen molar-refractivity contribution in [2.24, 2.45) is 0 Å². The van der Waals surface area contributed by atoms with Gasteiger partial charge in [-0.05, 0) is 13.8 Å². The zero-order valence-electron chi connectivity index (χ0n) is 11.9. The van der Waals surface area contributed by atoms with Crippen LogP contribution in [0.3, 0.4) is 0 Å². The number of rotatable bonds is 6. The number of hydrogen-bond donors (Lipinski definition) is 1. The van der Waals surface area contributed by atoms with E-state index >= 15 is 0 Å². The van der Waals surface area contributed by atoms with Crippen LogP contribution in [0, 0.1) is 0 Å². The number of hydrogen-bond acceptors (Lipinski definition) is 4. The standard InChI is InChI=1S/C14H24N4O/c1-4-18-11-13(10-16-18)9-15-12-14(2,3)17-5-7-19-8-6-17/h4,10-11,15H,1,5-9,12H2,2-3H3. The van der Waals surface area contributed by atoms with Gasteiger partial charge < -0.3 is 10.1 Å². The van der Waals surface area contributed by atoms with Crippen molar-refractivity contribution in [3.05, 3.63) is 24.5 Å². The summed E-state index contributed by atoms with van der Waals surface area (Å²) >= 11 is 0. The third kappa shape index (κ3) is 3.89. The Morgan fingerprint density at radius 2 is 2.21 bits per heavy atom. The molecule has 0 bridgehead atoms. The second-order valence-electron chi connectivity index (χ2n) is 5.53. The third-order valence-corrected chi connectivity index (χ3v) is 3.60. The lowest BCUT2D eigenvalue weighted by molar-refractivity contribution is -0.00966. The van der Waals surface area contributed by atoms with Crippen molar-refractivity contribution in [1.82, 2.24) is 20.0 Å². The monoisotopic (exact) mass is 264 g/mol. The summed E-state index contributed by atoms with van der Waals surface area (Å²) in [7, 11) is 0. The quantitative estimate of drug-likeness (QED) is 0.838. The van der Waals surface area contributed by atoms with Gasteiger partial charge in [-0.15, -0.1) is 0 Å². The van der Waals surface area contributed by atoms with E-state index in [1.165, 1.54) is 5.56 Å². The third-order valence-electron chi connectivity index (χ3n) is 3.60. The summed E-state index contributed by atoms with van der Waals surface area (Å²) in [5.41, 5.74) is 1.33. The van der Waals surface area contributed by atoms with E-state index in [1.54, 1.807) is 10.9 Å². The van der Waals surface area contributed by atoms with Crippen molar-refractivity contribution in [2.75, 3.05) is 32.8 Å². The Morgan fingerprint density at radius 1 is 1.47 bits per heavy atom. The van der Waals surface area contributed by atoms with Crippen LogP contribution in [0.1, 0.15) is 19.4 Å². The van der Waals surface area contributed by atoms with Gasteiger partial charge in [0.05, 0.1) is 19.4 Å². The lowest BCUT2D eigenvalue weighted by atomic mass is 10.0. The fourth-order valence-corrected chi connectivity index (χ4v) is 2.36. The number of nitrogens with one attached hydrogen (secondary N) is 1. The van der Waals surface area contributed by atoms with Gasteiger partial charge in [-0.1, -0.05) is 6.58 Å². The van der Waals surface area contributed by atoms with Gasteiger partial charge in [-0.2, -0.15) is 5.10 Å². The maximum absolute atomic E-state index is 5.40. The van der Waals surface area contributed by atoms with Gasteiger partial charge in [0.25, 0.3) is 0 Å². The van der Waals surface area contributed by atoms with E-state index in [-0.39, 0.29) is 5.54 Å². The molecule has 1 aromatic heterocycles. The van der Waals surface area contributed by atoms with Gasteiger partial charge in [0.15, 0.2) is 0 Å². The number of ether oxygens (including phenoxy) is 1. The summed E-state index contributed by atoms with van der Waals surface area (Å²) in [6.07, 6.45) is 5.55. The molecule has 1 N–H and O–H groups in total. The molecule has 5 heteroatoms. The molecule has 2 rings (SSSR count). The normalized spacial score (nSPS) is 17.6. The largest absolute Gasteiger partial charge is 0.379 e. The fourth-order valence-electron chi connectivity index (χ4n) is 2.36. The van der Waals surface area contributed by atoms with E-state index in [2.05, 4.69) is 35.7 Å². The first-order chi connectivity index (χ1) is 9.12. The molecule has 0 radical (unpaired) electrons. The van der Waals surface area contributed by atoms with Gasteiger partial charge in [-0.25, -0.2) is 4.68 Å². The molecule has 0 aliphatic carbocycles. The Labute approximate surface area is 115 Å². The van der Waals surface area contributed by atoms with Gasteiger partial charge in [-0.3, -0.25) is 4.90 Å².